The van der Waals surface area contributed by atoms with E-state index in [0.29, 0.717) is 5.92 Å². The second-order valence-corrected chi connectivity index (χ2v) is 7.15. The number of aromatic amines is 1. The van der Waals surface area contributed by atoms with Gasteiger partial charge in [0, 0.05) is 22.2 Å². The highest BCUT2D eigenvalue weighted by molar-refractivity contribution is 5.91. The van der Waals surface area contributed by atoms with E-state index in [1.807, 2.05) is 0 Å². The highest BCUT2D eigenvalue weighted by Crippen LogP contribution is 2.35. The van der Waals surface area contributed by atoms with Crippen LogP contribution >= 0.6 is 0 Å². The van der Waals surface area contributed by atoms with E-state index in [1.165, 1.54) is 45.3 Å². The monoisotopic (exact) mass is 334 g/mol. The number of unbranched alkanes of at least 4 members (excludes halogenated alkanes) is 1. The van der Waals surface area contributed by atoms with Crippen LogP contribution in [0.2, 0.25) is 0 Å². The lowest BCUT2D eigenvalue weighted by Crippen LogP contribution is -1.99. The Labute approximate surface area is 151 Å². The van der Waals surface area contributed by atoms with Crippen molar-refractivity contribution in [2.24, 2.45) is 5.73 Å². The number of nitrogens with one attached hydrogen (secondary N) is 1. The predicted molar refractivity (Wildman–Crippen MR) is 109 cm³/mol. The molecular weight excluding hydrogens is 304 g/mol. The summed E-state index contributed by atoms with van der Waals surface area (Å²) in [7, 11) is 0. The number of rotatable bonds is 7. The van der Waals surface area contributed by atoms with Gasteiger partial charge < -0.3 is 10.7 Å². The number of fused-ring (bicyclic) bond motifs is 1. The van der Waals surface area contributed by atoms with Crippen molar-refractivity contribution in [3.63, 3.8) is 0 Å². The van der Waals surface area contributed by atoms with Crippen LogP contribution < -0.4 is 5.73 Å². The number of nitrogens with two attached hydrogens (primary N) is 1. The van der Waals surface area contributed by atoms with E-state index in [9.17, 15) is 0 Å². The molecule has 0 aliphatic carbocycles. The Morgan fingerprint density at radius 2 is 1.88 bits per heavy atom. The second kappa shape index (κ2) is 7.88. The summed E-state index contributed by atoms with van der Waals surface area (Å²) >= 11 is 0. The summed E-state index contributed by atoms with van der Waals surface area (Å²) < 4.78 is 0. The molecule has 1 unspecified atom stereocenters. The second-order valence-electron chi connectivity index (χ2n) is 7.15. The van der Waals surface area contributed by atoms with Crippen LogP contribution in [0, 0.1) is 6.92 Å². The lowest BCUT2D eigenvalue weighted by atomic mass is 9.94. The zero-order valence-electron chi connectivity index (χ0n) is 15.7. The molecule has 0 saturated carbocycles. The molecule has 2 heteroatoms. The first-order valence-corrected chi connectivity index (χ1v) is 9.56. The fourth-order valence-electron chi connectivity index (χ4n) is 3.60. The average Bonchev–Trinajstić information content (AvgIpc) is 2.99. The van der Waals surface area contributed by atoms with Crippen molar-refractivity contribution in [3.05, 3.63) is 59.2 Å². The van der Waals surface area contributed by atoms with Gasteiger partial charge in [-0.3, -0.25) is 0 Å². The highest BCUT2D eigenvalue weighted by Gasteiger charge is 2.15. The SMILES string of the molecule is CCC(C)c1ccc2[nH]c(-c3ccccc3C)c(CCCCN)c2c1. The summed E-state index contributed by atoms with van der Waals surface area (Å²) in [5, 5.41) is 1.38. The van der Waals surface area contributed by atoms with E-state index >= 15 is 0 Å². The molecule has 1 atom stereocenters. The summed E-state index contributed by atoms with van der Waals surface area (Å²) in [5.41, 5.74) is 13.8. The maximum atomic E-state index is 5.73. The maximum absolute atomic E-state index is 5.73. The molecule has 2 nitrogen and oxygen atoms in total. The molecule has 0 amide bonds. The van der Waals surface area contributed by atoms with Crippen LogP contribution in [-0.4, -0.2) is 11.5 Å². The van der Waals surface area contributed by atoms with E-state index in [0.717, 1.165) is 25.8 Å². The van der Waals surface area contributed by atoms with Crippen molar-refractivity contribution in [2.45, 2.75) is 52.4 Å². The quantitative estimate of drug-likeness (QED) is 0.516. The summed E-state index contributed by atoms with van der Waals surface area (Å²) in [5.74, 6) is 0.595. The first kappa shape index (κ1) is 17.8. The standard InChI is InChI=1S/C23H30N2/c1-4-16(2)18-12-13-22-21(15-18)20(11-7-8-14-24)23(25-22)19-10-6-5-9-17(19)3/h5-6,9-10,12-13,15-16,25H,4,7-8,11,14,24H2,1-3H3. The minimum atomic E-state index is 0.595. The third-order valence-electron chi connectivity index (χ3n) is 5.41. The van der Waals surface area contributed by atoms with Crippen molar-refractivity contribution in [2.75, 3.05) is 6.54 Å². The number of H-pyrrole nitrogens is 1. The molecule has 0 aliphatic heterocycles. The zero-order chi connectivity index (χ0) is 17.8. The van der Waals surface area contributed by atoms with Gasteiger partial charge in [0.1, 0.15) is 0 Å². The lowest BCUT2D eigenvalue weighted by Gasteiger charge is -2.10. The van der Waals surface area contributed by atoms with E-state index in [4.69, 9.17) is 5.73 Å². The fraction of sp³-hybridized carbons (Fsp3) is 0.391. The number of hydrogen-bond donors (Lipinski definition) is 2. The normalized spacial score (nSPS) is 12.6. The number of benzene rings is 2. The molecule has 0 saturated heterocycles. The third kappa shape index (κ3) is 3.64. The molecule has 132 valence electrons. The summed E-state index contributed by atoms with van der Waals surface area (Å²) in [4.78, 5) is 3.70. The average molecular weight is 335 g/mol. The number of aryl methyl sites for hydroxylation is 2. The number of aromatic nitrogens is 1. The van der Waals surface area contributed by atoms with Crippen molar-refractivity contribution < 1.29 is 0 Å². The first-order chi connectivity index (χ1) is 12.2. The Kier molecular flexibility index (Phi) is 5.60. The molecule has 3 rings (SSSR count). The van der Waals surface area contributed by atoms with Crippen LogP contribution in [0.15, 0.2) is 42.5 Å². The lowest BCUT2D eigenvalue weighted by molar-refractivity contribution is 0.734. The molecule has 0 bridgehead atoms. The van der Waals surface area contributed by atoms with Crippen LogP contribution in [0.5, 0.6) is 0 Å². The van der Waals surface area contributed by atoms with Gasteiger partial charge in [-0.15, -0.1) is 0 Å². The largest absolute Gasteiger partial charge is 0.354 e. The molecular formula is C23H30N2. The molecule has 0 spiro atoms. The van der Waals surface area contributed by atoms with Gasteiger partial charge >= 0.3 is 0 Å². The van der Waals surface area contributed by atoms with Crippen LogP contribution in [0.4, 0.5) is 0 Å². The van der Waals surface area contributed by atoms with E-state index in [1.54, 1.807) is 0 Å². The van der Waals surface area contributed by atoms with Crippen LogP contribution in [0.1, 0.15) is 55.7 Å². The van der Waals surface area contributed by atoms with E-state index < -0.39 is 0 Å². The van der Waals surface area contributed by atoms with Gasteiger partial charge in [-0.05, 0) is 73.9 Å². The molecule has 3 aromatic rings. The Balaban J connectivity index is 2.15. The van der Waals surface area contributed by atoms with Crippen molar-refractivity contribution in [1.82, 2.24) is 4.98 Å². The van der Waals surface area contributed by atoms with Gasteiger partial charge in [0.05, 0.1) is 0 Å². The highest BCUT2D eigenvalue weighted by atomic mass is 14.7. The maximum Gasteiger partial charge on any atom is 0.0500 e. The van der Waals surface area contributed by atoms with Gasteiger partial charge in [-0.25, -0.2) is 0 Å². The Morgan fingerprint density at radius 1 is 1.08 bits per heavy atom. The van der Waals surface area contributed by atoms with E-state index in [-0.39, 0.29) is 0 Å². The van der Waals surface area contributed by atoms with Gasteiger partial charge in [0.25, 0.3) is 0 Å². The third-order valence-corrected chi connectivity index (χ3v) is 5.41. The molecule has 1 heterocycles. The van der Waals surface area contributed by atoms with Crippen molar-refractivity contribution in [3.8, 4) is 11.3 Å². The predicted octanol–water partition coefficient (Wildman–Crippen LogP) is 5.94. The van der Waals surface area contributed by atoms with Gasteiger partial charge in [-0.1, -0.05) is 44.2 Å². The van der Waals surface area contributed by atoms with Crippen molar-refractivity contribution in [1.29, 1.82) is 0 Å². The molecule has 3 N–H and O–H groups in total. The summed E-state index contributed by atoms with van der Waals surface area (Å²) in [6.45, 7) is 7.52. The zero-order valence-corrected chi connectivity index (χ0v) is 15.7. The van der Waals surface area contributed by atoms with Gasteiger partial charge in [0.15, 0.2) is 0 Å². The smallest absolute Gasteiger partial charge is 0.0500 e. The topological polar surface area (TPSA) is 41.8 Å². The molecule has 1 aromatic heterocycles. The first-order valence-electron chi connectivity index (χ1n) is 9.56. The molecule has 25 heavy (non-hydrogen) atoms. The van der Waals surface area contributed by atoms with Crippen LogP contribution in [0.25, 0.3) is 22.2 Å². The minimum Gasteiger partial charge on any atom is -0.354 e. The summed E-state index contributed by atoms with van der Waals surface area (Å²) in [6, 6.07) is 15.6. The molecule has 0 aliphatic rings. The van der Waals surface area contributed by atoms with Gasteiger partial charge in [-0.2, -0.15) is 0 Å². The Morgan fingerprint density at radius 3 is 2.60 bits per heavy atom. The minimum absolute atomic E-state index is 0.595. The molecule has 0 radical (unpaired) electrons. The fourth-order valence-corrected chi connectivity index (χ4v) is 3.60. The van der Waals surface area contributed by atoms with E-state index in [2.05, 4.69) is 68.2 Å². The van der Waals surface area contributed by atoms with Crippen molar-refractivity contribution >= 4 is 10.9 Å². The molecule has 0 fully saturated rings. The number of hydrogen-bond acceptors (Lipinski definition) is 1. The van der Waals surface area contributed by atoms with Crippen LogP contribution in [0.3, 0.4) is 0 Å². The molecule has 2 aromatic carbocycles. The Bertz CT molecular complexity index is 844. The Hall–Kier alpha value is -2.06. The van der Waals surface area contributed by atoms with Crippen LogP contribution in [-0.2, 0) is 6.42 Å². The van der Waals surface area contributed by atoms with Gasteiger partial charge in [0.2, 0.25) is 0 Å². The summed E-state index contributed by atoms with van der Waals surface area (Å²) in [6.07, 6.45) is 4.45.